The first-order valence-electron chi connectivity index (χ1n) is 4.24. The van der Waals surface area contributed by atoms with Crippen LogP contribution in [-0.2, 0) is 9.22 Å². The summed E-state index contributed by atoms with van der Waals surface area (Å²) in [6.07, 6.45) is 0. The molecule has 4 heteroatoms. The number of aliphatic hydroxyl groups is 1. The molecular formula is C10H11O3Si. The number of benzene rings is 1. The first-order valence-corrected chi connectivity index (χ1v) is 4.65. The molecule has 0 saturated heterocycles. The number of aryl methyl sites for hydroxylation is 1. The van der Waals surface area contributed by atoms with E-state index in [1.807, 2.05) is 25.1 Å². The Kier molecular flexibility index (Phi) is 3.85. The van der Waals surface area contributed by atoms with Crippen LogP contribution in [0.4, 0.5) is 0 Å². The van der Waals surface area contributed by atoms with E-state index in [0.29, 0.717) is 0 Å². The monoisotopic (exact) mass is 207 g/mol. The highest BCUT2D eigenvalue weighted by Crippen LogP contribution is 2.20. The van der Waals surface area contributed by atoms with Crippen molar-refractivity contribution in [3.63, 3.8) is 0 Å². The molecule has 0 bridgehead atoms. The van der Waals surface area contributed by atoms with Crippen LogP contribution < -0.4 is 0 Å². The van der Waals surface area contributed by atoms with Crippen molar-refractivity contribution < 1.29 is 14.3 Å². The van der Waals surface area contributed by atoms with Crippen molar-refractivity contribution in [3.8, 4) is 0 Å². The Labute approximate surface area is 86.3 Å². The van der Waals surface area contributed by atoms with Gasteiger partial charge in [0.1, 0.15) is 5.92 Å². The molecule has 0 aromatic heterocycles. The van der Waals surface area contributed by atoms with Crippen LogP contribution in [0, 0.1) is 6.92 Å². The molecular weight excluding hydrogens is 196 g/mol. The second-order valence-corrected chi connectivity index (χ2v) is 3.22. The molecule has 0 amide bonds. The fourth-order valence-electron chi connectivity index (χ4n) is 1.35. The van der Waals surface area contributed by atoms with E-state index in [-0.39, 0.29) is 6.61 Å². The third-order valence-electron chi connectivity index (χ3n) is 2.13. The fraction of sp³-hybridized carbons (Fsp3) is 0.300. The largest absolute Gasteiger partial charge is 0.516 e. The zero-order valence-electron chi connectivity index (χ0n) is 7.86. The van der Waals surface area contributed by atoms with Crippen LogP contribution in [0.3, 0.4) is 0 Å². The molecule has 0 aliphatic rings. The molecule has 14 heavy (non-hydrogen) atoms. The van der Waals surface area contributed by atoms with Gasteiger partial charge in [-0.05, 0) is 18.1 Å². The minimum absolute atomic E-state index is 0.256. The van der Waals surface area contributed by atoms with Crippen molar-refractivity contribution in [2.45, 2.75) is 12.8 Å². The minimum atomic E-state index is -0.617. The topological polar surface area (TPSA) is 46.5 Å². The molecule has 0 aliphatic heterocycles. The number of aliphatic hydroxyl groups excluding tert-OH is 1. The lowest BCUT2D eigenvalue weighted by atomic mass is 9.96. The van der Waals surface area contributed by atoms with Crippen LogP contribution in [-0.4, -0.2) is 28.2 Å². The molecule has 0 aliphatic carbocycles. The van der Waals surface area contributed by atoms with Crippen LogP contribution >= 0.6 is 0 Å². The molecule has 0 heterocycles. The van der Waals surface area contributed by atoms with Gasteiger partial charge in [-0.1, -0.05) is 24.3 Å². The smallest absolute Gasteiger partial charge is 0.345 e. The number of hydrogen-bond donors (Lipinski definition) is 1. The summed E-state index contributed by atoms with van der Waals surface area (Å²) in [5, 5.41) is 9.08. The molecule has 0 spiro atoms. The van der Waals surface area contributed by atoms with Crippen LogP contribution in [0.2, 0.25) is 0 Å². The maximum Gasteiger partial charge on any atom is 0.345 e. The molecule has 1 atom stereocenters. The Morgan fingerprint density at radius 1 is 1.57 bits per heavy atom. The molecule has 73 valence electrons. The lowest BCUT2D eigenvalue weighted by Gasteiger charge is -2.14. The number of rotatable bonds is 3. The fourth-order valence-corrected chi connectivity index (χ4v) is 1.49. The van der Waals surface area contributed by atoms with Gasteiger partial charge in [-0.15, -0.1) is 0 Å². The van der Waals surface area contributed by atoms with Gasteiger partial charge in [0.25, 0.3) is 0 Å². The summed E-state index contributed by atoms with van der Waals surface area (Å²) in [6, 6.07) is 7.40. The normalized spacial score (nSPS) is 12.2. The summed E-state index contributed by atoms with van der Waals surface area (Å²) in [5.41, 5.74) is 1.75. The maximum atomic E-state index is 11.3. The molecule has 1 unspecified atom stereocenters. The van der Waals surface area contributed by atoms with E-state index in [0.717, 1.165) is 11.1 Å². The Morgan fingerprint density at radius 3 is 2.71 bits per heavy atom. The first kappa shape index (κ1) is 10.9. The van der Waals surface area contributed by atoms with Crippen molar-refractivity contribution in [2.24, 2.45) is 0 Å². The third-order valence-corrected chi connectivity index (χ3v) is 2.33. The minimum Gasteiger partial charge on any atom is -0.516 e. The van der Waals surface area contributed by atoms with E-state index in [1.165, 1.54) is 0 Å². The molecule has 3 radical (unpaired) electrons. The molecule has 0 fully saturated rings. The van der Waals surface area contributed by atoms with Gasteiger partial charge in [0, 0.05) is 0 Å². The van der Waals surface area contributed by atoms with Gasteiger partial charge in [0.2, 0.25) is 0 Å². The molecule has 1 aromatic rings. The van der Waals surface area contributed by atoms with Crippen LogP contribution in [0.1, 0.15) is 17.0 Å². The zero-order chi connectivity index (χ0) is 10.6. The number of carbonyl (C=O) groups is 1. The summed E-state index contributed by atoms with van der Waals surface area (Å²) in [7, 11) is 2.67. The first-order chi connectivity index (χ1) is 6.70. The number of hydrogen-bond acceptors (Lipinski definition) is 3. The van der Waals surface area contributed by atoms with Gasteiger partial charge >= 0.3 is 16.5 Å². The van der Waals surface area contributed by atoms with Gasteiger partial charge in [-0.25, -0.2) is 0 Å². The Balaban J connectivity index is 3.01. The van der Waals surface area contributed by atoms with E-state index in [9.17, 15) is 4.79 Å². The highest BCUT2D eigenvalue weighted by molar-refractivity contribution is 6.06. The van der Waals surface area contributed by atoms with Crippen molar-refractivity contribution >= 4 is 16.5 Å². The zero-order valence-corrected chi connectivity index (χ0v) is 8.86. The van der Waals surface area contributed by atoms with E-state index < -0.39 is 11.9 Å². The molecule has 3 nitrogen and oxygen atoms in total. The predicted octanol–water partition coefficient (Wildman–Crippen LogP) is 0.698. The van der Waals surface area contributed by atoms with E-state index >= 15 is 0 Å². The Morgan fingerprint density at radius 2 is 2.21 bits per heavy atom. The van der Waals surface area contributed by atoms with Gasteiger partial charge in [0.05, 0.1) is 6.61 Å². The molecule has 1 rings (SSSR count). The Bertz CT molecular complexity index is 325. The Hall–Kier alpha value is -1.13. The highest BCUT2D eigenvalue weighted by Gasteiger charge is 2.21. The van der Waals surface area contributed by atoms with Gasteiger partial charge < -0.3 is 9.53 Å². The van der Waals surface area contributed by atoms with Crippen LogP contribution in [0.5, 0.6) is 0 Å². The second kappa shape index (κ2) is 4.93. The molecule has 0 saturated carbocycles. The second-order valence-electron chi connectivity index (χ2n) is 3.01. The van der Waals surface area contributed by atoms with Gasteiger partial charge in [-0.2, -0.15) is 0 Å². The van der Waals surface area contributed by atoms with Gasteiger partial charge in [0.15, 0.2) is 0 Å². The van der Waals surface area contributed by atoms with Gasteiger partial charge in [-0.3, -0.25) is 4.79 Å². The van der Waals surface area contributed by atoms with Crippen molar-refractivity contribution in [1.82, 2.24) is 0 Å². The van der Waals surface area contributed by atoms with E-state index in [1.54, 1.807) is 6.07 Å². The van der Waals surface area contributed by atoms with Crippen LogP contribution in [0.25, 0.3) is 0 Å². The predicted molar refractivity (Wildman–Crippen MR) is 52.9 cm³/mol. The third kappa shape index (κ3) is 2.21. The summed E-state index contributed by atoms with van der Waals surface area (Å²) >= 11 is 0. The lowest BCUT2D eigenvalue weighted by Crippen LogP contribution is -2.19. The lowest BCUT2D eigenvalue weighted by molar-refractivity contribution is -0.136. The molecule has 1 aromatic carbocycles. The SMILES string of the molecule is Cc1ccccc1C(CO)C(=O)O[Si]. The average molecular weight is 207 g/mol. The summed E-state index contributed by atoms with van der Waals surface area (Å²) < 4.78 is 4.42. The summed E-state index contributed by atoms with van der Waals surface area (Å²) in [6.45, 7) is 1.63. The van der Waals surface area contributed by atoms with Crippen LogP contribution in [0.15, 0.2) is 24.3 Å². The average Bonchev–Trinajstić information content (AvgIpc) is 2.21. The molecule has 1 N–H and O–H groups in total. The summed E-state index contributed by atoms with van der Waals surface area (Å²) in [4.78, 5) is 11.3. The quantitative estimate of drug-likeness (QED) is 0.742. The summed E-state index contributed by atoms with van der Waals surface area (Å²) in [5.74, 6) is -1.10. The van der Waals surface area contributed by atoms with E-state index in [2.05, 4.69) is 14.9 Å². The van der Waals surface area contributed by atoms with Crippen molar-refractivity contribution in [3.05, 3.63) is 35.4 Å². The highest BCUT2D eigenvalue weighted by atomic mass is 28.2. The van der Waals surface area contributed by atoms with E-state index in [4.69, 9.17) is 5.11 Å². The maximum absolute atomic E-state index is 11.3. The standard InChI is InChI=1S/C10H11O3Si/c1-7-4-2-3-5-8(7)9(6-11)10(12)13-14/h2-5,9,11H,6H2,1H3. The van der Waals surface area contributed by atoms with Crippen molar-refractivity contribution in [1.29, 1.82) is 0 Å². The number of carbonyl (C=O) groups excluding carboxylic acids is 1. The van der Waals surface area contributed by atoms with Crippen molar-refractivity contribution in [2.75, 3.05) is 6.61 Å².